The molecule has 66 heavy (non-hydrogen) atoms. The van der Waals surface area contributed by atoms with Gasteiger partial charge in [0.1, 0.15) is 41.1 Å². The molecule has 7 aromatic carbocycles. The van der Waals surface area contributed by atoms with Crippen molar-refractivity contribution in [1.29, 1.82) is 0 Å². The third kappa shape index (κ3) is 7.34. The Labute approximate surface area is 389 Å². The van der Waals surface area contributed by atoms with E-state index in [1.165, 1.54) is 28.1 Å². The lowest BCUT2D eigenvalue weighted by molar-refractivity contribution is 0.568. The molecule has 0 fully saturated rings. The van der Waals surface area contributed by atoms with E-state index >= 15 is 4.39 Å². The molecule has 0 unspecified atom stereocenters. The quantitative estimate of drug-likeness (QED) is 0.149. The molecule has 2 aromatic heterocycles. The molecule has 0 saturated heterocycles. The first kappa shape index (κ1) is 42.9. The van der Waals surface area contributed by atoms with Crippen LogP contribution in [-0.4, -0.2) is 16.2 Å². The van der Waals surface area contributed by atoms with E-state index in [4.69, 9.17) is 4.98 Å². The van der Waals surface area contributed by atoms with Crippen molar-refractivity contribution in [2.45, 2.75) is 78.6 Å². The van der Waals surface area contributed by atoms with Gasteiger partial charge >= 0.3 is 0 Å². The summed E-state index contributed by atoms with van der Waals surface area (Å²) >= 11 is 0. The molecule has 0 bridgehead atoms. The zero-order valence-corrected chi connectivity index (χ0v) is 39.6. The van der Waals surface area contributed by atoms with Crippen LogP contribution < -0.4 is 14.3 Å². The third-order valence-electron chi connectivity index (χ3n) is 13.5. The number of quaternary nitrogens is 1. The number of halogens is 1. The van der Waals surface area contributed by atoms with Gasteiger partial charge in [-0.15, -0.1) is 0 Å². The Kier molecular flexibility index (Phi) is 10.3. The van der Waals surface area contributed by atoms with Gasteiger partial charge in [0.15, 0.2) is 0 Å². The van der Waals surface area contributed by atoms with Gasteiger partial charge in [0.05, 0.1) is 22.4 Å². The van der Waals surface area contributed by atoms with Crippen LogP contribution in [0.4, 0.5) is 49.9 Å². The number of fused-ring (bicyclic) bond motifs is 4. The minimum atomic E-state index is -0.267. The lowest BCUT2D eigenvalue weighted by atomic mass is 9.80. The predicted octanol–water partition coefficient (Wildman–Crippen LogP) is 16.8. The minimum Gasteiger partial charge on any atom is -0.321 e. The van der Waals surface area contributed by atoms with Gasteiger partial charge < -0.3 is 9.80 Å². The lowest BCUT2D eigenvalue weighted by Crippen LogP contribution is -2.33. The number of hydrogen-bond donors (Lipinski definition) is 0. The van der Waals surface area contributed by atoms with Crippen molar-refractivity contribution in [3.63, 3.8) is 0 Å². The van der Waals surface area contributed by atoms with Crippen molar-refractivity contribution in [3.05, 3.63) is 205 Å². The maximum atomic E-state index is 15.2. The third-order valence-corrected chi connectivity index (χ3v) is 13.5. The second kappa shape index (κ2) is 15.9. The molecule has 9 aromatic rings. The maximum Gasteiger partial charge on any atom is 0.150 e. The summed E-state index contributed by atoms with van der Waals surface area (Å²) in [6, 6.07) is 62.7. The van der Waals surface area contributed by atoms with Gasteiger partial charge in [0.25, 0.3) is 0 Å². The number of pyridine rings is 1. The van der Waals surface area contributed by atoms with Crippen LogP contribution in [0, 0.1) is 5.82 Å². The van der Waals surface area contributed by atoms with E-state index in [-0.39, 0.29) is 22.1 Å². The van der Waals surface area contributed by atoms with Gasteiger partial charge in [0.2, 0.25) is 0 Å². The van der Waals surface area contributed by atoms with E-state index in [9.17, 15) is 0 Å². The zero-order valence-electron chi connectivity index (χ0n) is 39.6. The fraction of sp³-hybridized carbons (Fsp3) is 0.217. The van der Waals surface area contributed by atoms with Crippen LogP contribution in [0.1, 0.15) is 79.0 Å². The molecular weight excluding hydrogens is 810 g/mol. The highest BCUT2D eigenvalue weighted by Crippen LogP contribution is 2.54. The lowest BCUT2D eigenvalue weighted by Gasteiger charge is -2.37. The van der Waals surface area contributed by atoms with Gasteiger partial charge in [-0.3, -0.25) is 4.57 Å². The smallest absolute Gasteiger partial charge is 0.150 e. The molecule has 5 nitrogen and oxygen atoms in total. The average molecular weight is 869 g/mol. The van der Waals surface area contributed by atoms with Gasteiger partial charge in [0, 0.05) is 76.9 Å². The van der Waals surface area contributed by atoms with Crippen LogP contribution in [0.15, 0.2) is 182 Å². The SMILES string of the molecule is CC(C)(C)c1cc(N2CN(c3cccc([N+](c4ccccc4)(c4ccccc4)c4ccc5c6cc(F)ccc6n(-c6cc(C(C)(C)C)ccn6)c5c4)c3)c3ccccc32)cc(C(C)(C)C)c1. The predicted molar refractivity (Wildman–Crippen MR) is 277 cm³/mol. The Balaban J connectivity index is 1.20. The highest BCUT2D eigenvalue weighted by Gasteiger charge is 2.41. The highest BCUT2D eigenvalue weighted by molar-refractivity contribution is 6.10. The van der Waals surface area contributed by atoms with Crippen molar-refractivity contribution in [1.82, 2.24) is 14.0 Å². The minimum absolute atomic E-state index is 0.0140. The normalized spacial score (nSPS) is 13.5. The number of rotatable bonds is 7. The zero-order chi connectivity index (χ0) is 46.2. The van der Waals surface area contributed by atoms with Crippen molar-refractivity contribution in [2.24, 2.45) is 0 Å². The topological polar surface area (TPSA) is 24.3 Å². The highest BCUT2D eigenvalue weighted by atomic mass is 19.1. The molecule has 1 aliphatic rings. The molecule has 0 spiro atoms. The van der Waals surface area contributed by atoms with Crippen LogP contribution in [0.2, 0.25) is 0 Å². The van der Waals surface area contributed by atoms with E-state index in [1.807, 2.05) is 12.3 Å². The molecule has 10 rings (SSSR count). The van der Waals surface area contributed by atoms with Gasteiger partial charge in [-0.25, -0.2) is 9.37 Å². The van der Waals surface area contributed by atoms with E-state index in [1.54, 1.807) is 12.1 Å². The Hall–Kier alpha value is -7.02. The molecule has 0 atom stereocenters. The number of benzene rings is 7. The number of aromatic nitrogens is 2. The Morgan fingerprint density at radius 2 is 1.00 bits per heavy atom. The van der Waals surface area contributed by atoms with Crippen LogP contribution in [0.25, 0.3) is 27.6 Å². The van der Waals surface area contributed by atoms with E-state index in [0.29, 0.717) is 11.2 Å². The van der Waals surface area contributed by atoms with Crippen molar-refractivity contribution in [2.75, 3.05) is 16.5 Å². The monoisotopic (exact) mass is 868 g/mol. The number of anilines is 4. The van der Waals surface area contributed by atoms with Gasteiger partial charge in [-0.2, -0.15) is 4.48 Å². The second-order valence-electron chi connectivity index (χ2n) is 21.0. The summed E-state index contributed by atoms with van der Waals surface area (Å²) in [4.78, 5) is 9.90. The summed E-state index contributed by atoms with van der Waals surface area (Å²) in [5.41, 5.74) is 14.5. The second-order valence-corrected chi connectivity index (χ2v) is 21.0. The van der Waals surface area contributed by atoms with Crippen LogP contribution in [-0.2, 0) is 16.2 Å². The summed E-state index contributed by atoms with van der Waals surface area (Å²) < 4.78 is 17.7. The summed E-state index contributed by atoms with van der Waals surface area (Å²) in [7, 11) is 0. The number of hydrogen-bond acceptors (Lipinski definition) is 3. The Morgan fingerprint density at radius 3 is 1.61 bits per heavy atom. The molecular formula is C60H59FN5+. The largest absolute Gasteiger partial charge is 0.321 e. The molecule has 6 heteroatoms. The molecule has 0 aliphatic carbocycles. The first-order valence-corrected chi connectivity index (χ1v) is 23.1. The first-order chi connectivity index (χ1) is 31.5. The standard InChI is InChI=1S/C60H59FN5/c1-58(2,3)41-31-32-62-57(36-41)65-53-30-27-44(61)37-52(53)51-29-28-50(39-56(51)65)66(47-20-12-10-13-21-47,48-22-14-11-15-23-48)49-24-18-19-45(38-49)63-40-64(55-26-17-16-25-54(55)63)46-34-42(59(4,5)6)33-43(35-46)60(7,8)9/h10-39H,40H2,1-9H3/q+1. The van der Waals surface area contributed by atoms with Crippen molar-refractivity contribution >= 4 is 67.3 Å². The van der Waals surface area contributed by atoms with Crippen LogP contribution in [0.3, 0.4) is 0 Å². The fourth-order valence-electron chi connectivity index (χ4n) is 9.80. The van der Waals surface area contributed by atoms with Crippen molar-refractivity contribution < 1.29 is 4.39 Å². The molecule has 0 N–H and O–H groups in total. The van der Waals surface area contributed by atoms with Gasteiger partial charge in [-0.05, 0) is 99.7 Å². The van der Waals surface area contributed by atoms with E-state index < -0.39 is 0 Å². The van der Waals surface area contributed by atoms with Crippen LogP contribution in [0.5, 0.6) is 0 Å². The molecule has 3 heterocycles. The Bertz CT molecular complexity index is 3190. The molecule has 1 aliphatic heterocycles. The molecule has 0 radical (unpaired) electrons. The average Bonchev–Trinajstić information content (AvgIpc) is 3.85. The van der Waals surface area contributed by atoms with Crippen molar-refractivity contribution in [3.8, 4) is 5.82 Å². The fourth-order valence-corrected chi connectivity index (χ4v) is 9.80. The first-order valence-electron chi connectivity index (χ1n) is 23.1. The number of para-hydroxylation sites is 4. The summed E-state index contributed by atoms with van der Waals surface area (Å²) in [5.74, 6) is 0.529. The van der Waals surface area contributed by atoms with E-state index in [2.05, 4.69) is 234 Å². The molecule has 0 saturated carbocycles. The van der Waals surface area contributed by atoms with Crippen LogP contribution >= 0.6 is 0 Å². The maximum absolute atomic E-state index is 15.2. The van der Waals surface area contributed by atoms with E-state index in [0.717, 1.165) is 61.7 Å². The summed E-state index contributed by atoms with van der Waals surface area (Å²) in [6.07, 6.45) is 1.89. The number of nitrogens with zero attached hydrogens (tertiary/aromatic N) is 5. The molecule has 0 amide bonds. The van der Waals surface area contributed by atoms with Gasteiger partial charge in [-0.1, -0.05) is 123 Å². The Morgan fingerprint density at radius 1 is 0.439 bits per heavy atom. The summed E-state index contributed by atoms with van der Waals surface area (Å²) in [5, 5.41) is 1.81. The molecule has 330 valence electrons. The summed E-state index contributed by atoms with van der Waals surface area (Å²) in [6.45, 7) is 21.1.